The van der Waals surface area contributed by atoms with E-state index < -0.39 is 0 Å². The van der Waals surface area contributed by atoms with Gasteiger partial charge in [0.1, 0.15) is 12.1 Å². The molecule has 3 aromatic rings. The number of carbonyl (C=O) groups is 1. The van der Waals surface area contributed by atoms with Gasteiger partial charge in [-0.15, -0.1) is 5.10 Å². The minimum Gasteiger partial charge on any atom is -0.383 e. The average molecular weight is 417 g/mol. The third-order valence-electron chi connectivity index (χ3n) is 5.55. The minimum absolute atomic E-state index is 0.241. The molecule has 2 saturated carbocycles. The topological polar surface area (TPSA) is 117 Å². The van der Waals surface area contributed by atoms with E-state index >= 15 is 0 Å². The van der Waals surface area contributed by atoms with E-state index in [1.54, 1.807) is 12.3 Å². The summed E-state index contributed by atoms with van der Waals surface area (Å²) in [5, 5.41) is 12.0. The molecule has 2 fully saturated rings. The van der Waals surface area contributed by atoms with Crippen LogP contribution in [-0.4, -0.2) is 34.5 Å². The fourth-order valence-corrected chi connectivity index (χ4v) is 4.73. The maximum Gasteiger partial charge on any atom is 0.278 e. The molecule has 0 radical (unpaired) electrons. The predicted molar refractivity (Wildman–Crippen MR) is 98.7 cm³/mol. The zero-order valence-electron chi connectivity index (χ0n) is 13.8. The standard InChI is InChI=1S/C16H17BrN8O/c17-24-4-3-11(22-24)21-16(26)13-12-14(18)19-7-20-15(12)25(23-13)10-6-8-1-2-9(10)5-8/h3-4,7-10H,1-2,5-6H2,(H2,18,19,20)(H,21,22,26). The molecule has 3 aromatic heterocycles. The molecule has 26 heavy (non-hydrogen) atoms. The van der Waals surface area contributed by atoms with Crippen LogP contribution in [0.25, 0.3) is 11.0 Å². The molecule has 134 valence electrons. The van der Waals surface area contributed by atoms with E-state index in [0.29, 0.717) is 22.8 Å². The monoisotopic (exact) mass is 416 g/mol. The van der Waals surface area contributed by atoms with Crippen molar-refractivity contribution in [3.63, 3.8) is 0 Å². The number of rotatable bonds is 3. The zero-order valence-corrected chi connectivity index (χ0v) is 15.4. The first-order chi connectivity index (χ1) is 12.6. The number of nitrogens with one attached hydrogen (secondary N) is 1. The highest BCUT2D eigenvalue weighted by atomic mass is 79.9. The fourth-order valence-electron chi connectivity index (χ4n) is 4.44. The van der Waals surface area contributed by atoms with Crippen LogP contribution < -0.4 is 11.1 Å². The van der Waals surface area contributed by atoms with Crippen LogP contribution in [0.1, 0.15) is 42.2 Å². The number of carbonyl (C=O) groups excluding carboxylic acids is 1. The third kappa shape index (κ3) is 2.39. The van der Waals surface area contributed by atoms with Crippen molar-refractivity contribution in [2.24, 2.45) is 11.8 Å². The Labute approximate surface area is 157 Å². The summed E-state index contributed by atoms with van der Waals surface area (Å²) < 4.78 is 3.33. The normalized spacial score (nSPS) is 24.4. The van der Waals surface area contributed by atoms with E-state index in [1.807, 2.05) is 4.68 Å². The van der Waals surface area contributed by atoms with Gasteiger partial charge in [-0.2, -0.15) is 5.10 Å². The van der Waals surface area contributed by atoms with Gasteiger partial charge in [0.2, 0.25) is 0 Å². The highest BCUT2D eigenvalue weighted by Gasteiger charge is 2.42. The molecular weight excluding hydrogens is 400 g/mol. The first kappa shape index (κ1) is 15.7. The number of halogens is 1. The predicted octanol–water partition coefficient (Wildman–Crippen LogP) is 2.38. The van der Waals surface area contributed by atoms with E-state index in [1.165, 1.54) is 29.3 Å². The second-order valence-corrected chi connectivity index (χ2v) is 7.76. The van der Waals surface area contributed by atoms with Crippen molar-refractivity contribution in [3.05, 3.63) is 24.3 Å². The SMILES string of the molecule is Nc1ncnc2c1c(C(=O)Nc1ccn(Br)n1)nn2C1CC2CCC1C2. The number of hydrogen-bond acceptors (Lipinski definition) is 6. The Hall–Kier alpha value is -2.49. The second kappa shape index (κ2) is 5.76. The molecule has 9 nitrogen and oxygen atoms in total. The molecule has 0 saturated heterocycles. The van der Waals surface area contributed by atoms with E-state index in [4.69, 9.17) is 5.73 Å². The molecule has 0 aliphatic heterocycles. The lowest BCUT2D eigenvalue weighted by Gasteiger charge is -2.22. The number of aromatic nitrogens is 6. The number of nitrogens with zero attached hydrogens (tertiary/aromatic N) is 6. The largest absolute Gasteiger partial charge is 0.383 e. The molecule has 2 aliphatic rings. The highest BCUT2D eigenvalue weighted by molar-refractivity contribution is 9.08. The number of anilines is 2. The van der Waals surface area contributed by atoms with Crippen molar-refractivity contribution < 1.29 is 4.79 Å². The lowest BCUT2D eigenvalue weighted by Crippen LogP contribution is -2.19. The minimum atomic E-state index is -0.371. The van der Waals surface area contributed by atoms with E-state index in [9.17, 15) is 4.79 Å². The summed E-state index contributed by atoms with van der Waals surface area (Å²) in [6, 6.07) is 1.95. The lowest BCUT2D eigenvalue weighted by molar-refractivity contribution is 0.102. The van der Waals surface area contributed by atoms with Crippen molar-refractivity contribution in [2.75, 3.05) is 11.1 Å². The second-order valence-electron chi connectivity index (χ2n) is 7.04. The average Bonchev–Trinajstić information content (AvgIpc) is 3.37. The number of nitrogens with two attached hydrogens (primary N) is 1. The summed E-state index contributed by atoms with van der Waals surface area (Å²) in [4.78, 5) is 21.3. The van der Waals surface area contributed by atoms with Gasteiger partial charge in [0.05, 0.1) is 27.6 Å². The van der Waals surface area contributed by atoms with Crippen molar-refractivity contribution in [1.82, 2.24) is 28.6 Å². The van der Waals surface area contributed by atoms with Crippen LogP contribution in [0.5, 0.6) is 0 Å². The van der Waals surface area contributed by atoms with Crippen molar-refractivity contribution in [1.29, 1.82) is 0 Å². The van der Waals surface area contributed by atoms with Crippen LogP contribution in [0.15, 0.2) is 18.6 Å². The maximum absolute atomic E-state index is 12.8. The smallest absolute Gasteiger partial charge is 0.278 e. The van der Waals surface area contributed by atoms with Crippen LogP contribution in [0, 0.1) is 11.8 Å². The number of hydrogen-bond donors (Lipinski definition) is 2. The molecule has 1 amide bonds. The molecule has 5 rings (SSSR count). The molecular formula is C16H17BrN8O. The van der Waals surface area contributed by atoms with Crippen LogP contribution in [0.2, 0.25) is 0 Å². The Morgan fingerprint density at radius 1 is 1.27 bits per heavy atom. The van der Waals surface area contributed by atoms with E-state index in [2.05, 4.69) is 41.6 Å². The number of fused-ring (bicyclic) bond motifs is 3. The Morgan fingerprint density at radius 2 is 2.15 bits per heavy atom. The van der Waals surface area contributed by atoms with Crippen LogP contribution in [-0.2, 0) is 0 Å². The summed E-state index contributed by atoms with van der Waals surface area (Å²) in [6.45, 7) is 0. The van der Waals surface area contributed by atoms with Gasteiger partial charge in [0, 0.05) is 12.3 Å². The van der Waals surface area contributed by atoms with Gasteiger partial charge in [-0.05, 0) is 31.1 Å². The lowest BCUT2D eigenvalue weighted by atomic mass is 9.95. The van der Waals surface area contributed by atoms with Gasteiger partial charge in [-0.25, -0.2) is 18.4 Å². The molecule has 3 heterocycles. The Kier molecular flexibility index (Phi) is 3.49. The first-order valence-corrected chi connectivity index (χ1v) is 9.33. The van der Waals surface area contributed by atoms with E-state index in [-0.39, 0.29) is 23.5 Å². The fraction of sp³-hybridized carbons (Fsp3) is 0.438. The van der Waals surface area contributed by atoms with Gasteiger partial charge >= 0.3 is 0 Å². The zero-order chi connectivity index (χ0) is 17.8. The van der Waals surface area contributed by atoms with Gasteiger partial charge in [-0.3, -0.25) is 4.79 Å². The summed E-state index contributed by atoms with van der Waals surface area (Å²) in [7, 11) is 0. The van der Waals surface area contributed by atoms with Crippen LogP contribution in [0.4, 0.5) is 11.6 Å². The van der Waals surface area contributed by atoms with Gasteiger partial charge < -0.3 is 11.1 Å². The molecule has 3 atom stereocenters. The van der Waals surface area contributed by atoms with Gasteiger partial charge in [-0.1, -0.05) is 6.42 Å². The summed E-state index contributed by atoms with van der Waals surface area (Å²) in [5.74, 6) is 1.66. The molecule has 0 spiro atoms. The summed E-state index contributed by atoms with van der Waals surface area (Å²) in [6.07, 6.45) is 7.93. The molecule has 0 aromatic carbocycles. The number of amides is 1. The maximum atomic E-state index is 12.8. The van der Waals surface area contributed by atoms with Crippen molar-refractivity contribution >= 4 is 44.7 Å². The molecule has 10 heteroatoms. The Balaban J connectivity index is 1.58. The molecule has 3 unspecified atom stereocenters. The van der Waals surface area contributed by atoms with Crippen LogP contribution >= 0.6 is 16.1 Å². The highest BCUT2D eigenvalue weighted by Crippen LogP contribution is 2.51. The van der Waals surface area contributed by atoms with E-state index in [0.717, 1.165) is 12.3 Å². The summed E-state index contributed by atoms with van der Waals surface area (Å²) >= 11 is 3.19. The van der Waals surface area contributed by atoms with Crippen molar-refractivity contribution in [3.8, 4) is 0 Å². The molecule has 3 N–H and O–H groups in total. The van der Waals surface area contributed by atoms with Crippen molar-refractivity contribution in [2.45, 2.75) is 31.7 Å². The molecule has 2 aliphatic carbocycles. The van der Waals surface area contributed by atoms with Crippen LogP contribution in [0.3, 0.4) is 0 Å². The number of nitrogen functional groups attached to an aromatic ring is 1. The Morgan fingerprint density at radius 3 is 2.85 bits per heavy atom. The van der Waals surface area contributed by atoms with Gasteiger partial charge in [0.25, 0.3) is 5.91 Å². The Bertz CT molecular complexity index is 1010. The molecule has 2 bridgehead atoms. The first-order valence-electron chi connectivity index (χ1n) is 8.62. The quantitative estimate of drug-likeness (QED) is 0.676. The third-order valence-corrected chi connectivity index (χ3v) is 5.94. The summed E-state index contributed by atoms with van der Waals surface area (Å²) in [5.41, 5.74) is 6.94. The van der Waals surface area contributed by atoms with Gasteiger partial charge in [0.15, 0.2) is 17.2 Å².